The van der Waals surface area contributed by atoms with E-state index in [4.69, 9.17) is 11.5 Å². The van der Waals surface area contributed by atoms with E-state index < -0.39 is 5.91 Å². The number of carbonyl (C=O) groups excluding carboxylic acids is 2. The monoisotopic (exact) mass is 488 g/mol. The predicted octanol–water partition coefficient (Wildman–Crippen LogP) is 3.70. The van der Waals surface area contributed by atoms with Gasteiger partial charge in [0.05, 0.1) is 28.1 Å². The summed E-state index contributed by atoms with van der Waals surface area (Å²) in [5.74, 6) is -0.407. The number of nitrogens with two attached hydrogens (primary N) is 2. The number of hydrogen-bond donors (Lipinski definition) is 4. The highest BCUT2D eigenvalue weighted by Crippen LogP contribution is 2.24. The topological polar surface area (TPSA) is 146 Å². The van der Waals surface area contributed by atoms with E-state index in [9.17, 15) is 9.59 Å². The molecule has 10 nitrogen and oxygen atoms in total. The summed E-state index contributed by atoms with van der Waals surface area (Å²) in [5.41, 5.74) is 17.3. The third-order valence-corrected chi connectivity index (χ3v) is 6.11. The SMILES string of the molecule is CCn1nc(C)cc1C(=O)Nc1nc2cc(C(N)=O)ccc2n1CCCCNc1c(C)cccc1N. The third-order valence-electron chi connectivity index (χ3n) is 6.11. The van der Waals surface area contributed by atoms with E-state index in [1.807, 2.05) is 49.6 Å². The fraction of sp³-hybridized carbons (Fsp3) is 0.308. The van der Waals surface area contributed by atoms with Crippen LogP contribution < -0.4 is 22.1 Å². The molecule has 0 saturated heterocycles. The Labute approximate surface area is 209 Å². The van der Waals surface area contributed by atoms with E-state index in [0.29, 0.717) is 35.8 Å². The van der Waals surface area contributed by atoms with Gasteiger partial charge in [0, 0.05) is 25.2 Å². The van der Waals surface area contributed by atoms with Crippen LogP contribution in [0.15, 0.2) is 42.5 Å². The normalized spacial score (nSPS) is 11.1. The van der Waals surface area contributed by atoms with Crippen molar-refractivity contribution in [2.45, 2.75) is 46.7 Å². The molecule has 4 aromatic rings. The zero-order valence-corrected chi connectivity index (χ0v) is 20.8. The van der Waals surface area contributed by atoms with Crippen LogP contribution >= 0.6 is 0 Å². The number of aromatic nitrogens is 4. The molecule has 0 atom stereocenters. The zero-order chi connectivity index (χ0) is 25.8. The predicted molar refractivity (Wildman–Crippen MR) is 142 cm³/mol. The maximum atomic E-state index is 13.1. The van der Waals surface area contributed by atoms with E-state index in [0.717, 1.165) is 47.5 Å². The molecule has 2 aromatic carbocycles. The molecule has 0 aliphatic heterocycles. The summed E-state index contributed by atoms with van der Waals surface area (Å²) < 4.78 is 3.62. The molecule has 188 valence electrons. The van der Waals surface area contributed by atoms with Crippen molar-refractivity contribution >= 4 is 40.2 Å². The van der Waals surface area contributed by atoms with Crippen molar-refractivity contribution < 1.29 is 9.59 Å². The molecule has 2 heterocycles. The molecule has 0 aliphatic carbocycles. The van der Waals surface area contributed by atoms with Crippen molar-refractivity contribution in [1.29, 1.82) is 0 Å². The Morgan fingerprint density at radius 2 is 1.89 bits per heavy atom. The number of benzene rings is 2. The summed E-state index contributed by atoms with van der Waals surface area (Å²) in [7, 11) is 0. The summed E-state index contributed by atoms with van der Waals surface area (Å²) in [6, 6.07) is 12.7. The van der Waals surface area contributed by atoms with E-state index in [-0.39, 0.29) is 5.91 Å². The number of nitrogens with one attached hydrogen (secondary N) is 2. The third kappa shape index (κ3) is 5.17. The van der Waals surface area contributed by atoms with Gasteiger partial charge in [-0.25, -0.2) is 4.98 Å². The van der Waals surface area contributed by atoms with Gasteiger partial charge in [0.25, 0.3) is 5.91 Å². The number of nitrogen functional groups attached to an aromatic ring is 1. The lowest BCUT2D eigenvalue weighted by atomic mass is 10.1. The number of carbonyl (C=O) groups is 2. The van der Waals surface area contributed by atoms with Crippen LogP contribution in [0.1, 0.15) is 51.9 Å². The average Bonchev–Trinajstić information content (AvgIpc) is 3.39. The zero-order valence-electron chi connectivity index (χ0n) is 20.8. The van der Waals surface area contributed by atoms with Gasteiger partial charge in [0.2, 0.25) is 11.9 Å². The van der Waals surface area contributed by atoms with E-state index >= 15 is 0 Å². The van der Waals surface area contributed by atoms with Gasteiger partial charge in [0.1, 0.15) is 5.69 Å². The molecule has 0 bridgehead atoms. The van der Waals surface area contributed by atoms with Crippen LogP contribution in [-0.4, -0.2) is 37.7 Å². The molecule has 2 aromatic heterocycles. The largest absolute Gasteiger partial charge is 0.397 e. The molecule has 2 amide bonds. The quantitative estimate of drug-likeness (QED) is 0.198. The highest BCUT2D eigenvalue weighted by molar-refractivity contribution is 6.03. The van der Waals surface area contributed by atoms with Crippen LogP contribution in [0.5, 0.6) is 0 Å². The van der Waals surface area contributed by atoms with Gasteiger partial charge in [-0.3, -0.25) is 19.6 Å². The highest BCUT2D eigenvalue weighted by atomic mass is 16.2. The van der Waals surface area contributed by atoms with Gasteiger partial charge in [-0.2, -0.15) is 5.10 Å². The fourth-order valence-corrected chi connectivity index (χ4v) is 4.28. The van der Waals surface area contributed by atoms with Gasteiger partial charge < -0.3 is 21.4 Å². The number of nitrogens with zero attached hydrogens (tertiary/aromatic N) is 4. The Morgan fingerprint density at radius 1 is 1.08 bits per heavy atom. The number of rotatable bonds is 10. The molecule has 6 N–H and O–H groups in total. The van der Waals surface area contributed by atoms with E-state index in [2.05, 4.69) is 20.7 Å². The molecule has 10 heteroatoms. The Bertz CT molecular complexity index is 1400. The Hall–Kier alpha value is -4.34. The summed E-state index contributed by atoms with van der Waals surface area (Å²) in [6.45, 7) is 7.76. The molecular weight excluding hydrogens is 456 g/mol. The molecule has 0 fully saturated rings. The first-order chi connectivity index (χ1) is 17.3. The number of anilines is 3. The van der Waals surface area contributed by atoms with Gasteiger partial charge in [0.15, 0.2) is 0 Å². The number of fused-ring (bicyclic) bond motifs is 1. The average molecular weight is 489 g/mol. The smallest absolute Gasteiger partial charge is 0.276 e. The summed E-state index contributed by atoms with van der Waals surface area (Å²) >= 11 is 0. The van der Waals surface area contributed by atoms with Gasteiger partial charge in [-0.1, -0.05) is 12.1 Å². The van der Waals surface area contributed by atoms with E-state index in [1.165, 1.54) is 0 Å². The molecule has 0 saturated carbocycles. The molecule has 0 unspecified atom stereocenters. The van der Waals surface area contributed by atoms with Crippen molar-refractivity contribution in [3.05, 3.63) is 65.0 Å². The summed E-state index contributed by atoms with van der Waals surface area (Å²) in [4.78, 5) is 29.4. The second-order valence-electron chi connectivity index (χ2n) is 8.77. The lowest BCUT2D eigenvalue weighted by Crippen LogP contribution is -2.20. The Kier molecular flexibility index (Phi) is 7.23. The summed E-state index contributed by atoms with van der Waals surface area (Å²) in [6.07, 6.45) is 1.71. The molecule has 0 aliphatic rings. The second kappa shape index (κ2) is 10.5. The maximum absolute atomic E-state index is 13.1. The number of amides is 2. The molecule has 0 spiro atoms. The van der Waals surface area contributed by atoms with Gasteiger partial charge in [-0.05, 0) is 69.5 Å². The first kappa shape index (κ1) is 24.8. The number of aryl methyl sites for hydroxylation is 4. The first-order valence-electron chi connectivity index (χ1n) is 12.0. The van der Waals surface area contributed by atoms with Gasteiger partial charge >= 0.3 is 0 Å². The van der Waals surface area contributed by atoms with Crippen LogP contribution in [0, 0.1) is 13.8 Å². The summed E-state index contributed by atoms with van der Waals surface area (Å²) in [5, 5.41) is 10.7. The van der Waals surface area contributed by atoms with Crippen LogP contribution in [0.3, 0.4) is 0 Å². The highest BCUT2D eigenvalue weighted by Gasteiger charge is 2.18. The van der Waals surface area contributed by atoms with Crippen LogP contribution in [-0.2, 0) is 13.1 Å². The van der Waals surface area contributed by atoms with Crippen molar-refractivity contribution in [3.63, 3.8) is 0 Å². The molecule has 36 heavy (non-hydrogen) atoms. The molecule has 4 rings (SSSR count). The molecule has 0 radical (unpaired) electrons. The minimum atomic E-state index is -0.527. The minimum absolute atomic E-state index is 0.291. The van der Waals surface area contributed by atoms with Crippen molar-refractivity contribution in [1.82, 2.24) is 19.3 Å². The Morgan fingerprint density at radius 3 is 2.61 bits per heavy atom. The van der Waals surface area contributed by atoms with Crippen molar-refractivity contribution in [2.75, 3.05) is 22.9 Å². The van der Waals surface area contributed by atoms with Crippen LogP contribution in [0.4, 0.5) is 17.3 Å². The number of para-hydroxylation sites is 1. The number of unbranched alkanes of at least 4 members (excludes halogenated alkanes) is 1. The maximum Gasteiger partial charge on any atom is 0.276 e. The first-order valence-corrected chi connectivity index (χ1v) is 12.0. The van der Waals surface area contributed by atoms with E-state index in [1.54, 1.807) is 22.9 Å². The number of imidazole rings is 1. The van der Waals surface area contributed by atoms with Crippen LogP contribution in [0.25, 0.3) is 11.0 Å². The lowest BCUT2D eigenvalue weighted by Gasteiger charge is -2.13. The lowest BCUT2D eigenvalue weighted by molar-refractivity contribution is 0.0996. The fourth-order valence-electron chi connectivity index (χ4n) is 4.28. The standard InChI is InChI=1S/C26H32N8O2/c1-4-34-22(14-17(3)32-34)25(36)31-26-30-20-15-18(24(28)35)10-11-21(20)33(26)13-6-5-12-29-23-16(2)8-7-9-19(23)27/h7-11,14-15,29H,4-6,12-13,27H2,1-3H3,(H2,28,35)(H,30,31,36). The number of hydrogen-bond acceptors (Lipinski definition) is 6. The minimum Gasteiger partial charge on any atom is -0.397 e. The second-order valence-corrected chi connectivity index (χ2v) is 8.77. The number of primary amides is 1. The molecular formula is C26H32N8O2. The van der Waals surface area contributed by atoms with Crippen molar-refractivity contribution in [2.24, 2.45) is 5.73 Å². The van der Waals surface area contributed by atoms with Crippen molar-refractivity contribution in [3.8, 4) is 0 Å². The van der Waals surface area contributed by atoms with Crippen LogP contribution in [0.2, 0.25) is 0 Å². The van der Waals surface area contributed by atoms with Gasteiger partial charge in [-0.15, -0.1) is 0 Å². The Balaban J connectivity index is 1.53.